The summed E-state index contributed by atoms with van der Waals surface area (Å²) in [5.74, 6) is 0.720. The smallest absolute Gasteiger partial charge is 0.133 e. The molecular weight excluding hydrogens is 162 g/mol. The highest BCUT2D eigenvalue weighted by molar-refractivity contribution is 6.29. The molecule has 1 rings (SSSR count). The van der Waals surface area contributed by atoms with E-state index in [1.807, 2.05) is 6.92 Å². The fourth-order valence-corrected chi connectivity index (χ4v) is 1.01. The number of nitrogens with two attached hydrogens (primary N) is 1. The van der Waals surface area contributed by atoms with Gasteiger partial charge in [0.2, 0.25) is 0 Å². The third kappa shape index (κ3) is 2.27. The second-order valence-electron chi connectivity index (χ2n) is 2.14. The van der Waals surface area contributed by atoms with Crippen molar-refractivity contribution in [2.75, 3.05) is 17.6 Å². The van der Waals surface area contributed by atoms with Crippen LogP contribution in [-0.2, 0) is 0 Å². The maximum absolute atomic E-state index is 5.65. The molecule has 0 saturated carbocycles. The van der Waals surface area contributed by atoms with Gasteiger partial charge in [-0.1, -0.05) is 11.6 Å². The van der Waals surface area contributed by atoms with E-state index >= 15 is 0 Å². The van der Waals surface area contributed by atoms with Gasteiger partial charge < -0.3 is 11.1 Å². The average molecular weight is 172 g/mol. The Balaban J connectivity index is 2.89. The Morgan fingerprint density at radius 3 is 2.91 bits per heavy atom. The van der Waals surface area contributed by atoms with Crippen molar-refractivity contribution >= 4 is 23.1 Å². The fraction of sp³-hybridized carbons (Fsp3) is 0.286. The van der Waals surface area contributed by atoms with Gasteiger partial charge in [0, 0.05) is 18.3 Å². The van der Waals surface area contributed by atoms with Crippen LogP contribution in [0.5, 0.6) is 0 Å². The molecule has 3 nitrogen and oxygen atoms in total. The first kappa shape index (κ1) is 8.14. The van der Waals surface area contributed by atoms with Crippen LogP contribution in [0.25, 0.3) is 0 Å². The minimum atomic E-state index is 0.418. The zero-order valence-corrected chi connectivity index (χ0v) is 7.02. The topological polar surface area (TPSA) is 50.9 Å². The van der Waals surface area contributed by atoms with Crippen molar-refractivity contribution in [3.8, 4) is 0 Å². The van der Waals surface area contributed by atoms with Gasteiger partial charge in [-0.2, -0.15) is 0 Å². The van der Waals surface area contributed by atoms with Crippen molar-refractivity contribution in [3.05, 3.63) is 17.3 Å². The molecule has 4 heteroatoms. The van der Waals surface area contributed by atoms with Crippen LogP contribution in [0.3, 0.4) is 0 Å². The van der Waals surface area contributed by atoms with E-state index in [1.54, 1.807) is 12.1 Å². The lowest BCUT2D eigenvalue weighted by Gasteiger charge is -2.02. The fourth-order valence-electron chi connectivity index (χ4n) is 0.788. The molecule has 0 unspecified atom stereocenters. The van der Waals surface area contributed by atoms with Crippen molar-refractivity contribution in [3.63, 3.8) is 0 Å². The Kier molecular flexibility index (Phi) is 2.54. The molecule has 0 bridgehead atoms. The molecule has 1 aromatic heterocycles. The van der Waals surface area contributed by atoms with E-state index in [4.69, 9.17) is 17.3 Å². The molecule has 0 radical (unpaired) electrons. The van der Waals surface area contributed by atoms with Crippen molar-refractivity contribution in [2.24, 2.45) is 0 Å². The number of nitrogen functional groups attached to an aromatic ring is 1. The number of aromatic nitrogens is 1. The molecule has 0 fully saturated rings. The van der Waals surface area contributed by atoms with Crippen LogP contribution in [0.1, 0.15) is 6.92 Å². The zero-order chi connectivity index (χ0) is 8.27. The van der Waals surface area contributed by atoms with Crippen LogP contribution in [0, 0.1) is 0 Å². The minimum Gasteiger partial charge on any atom is -0.399 e. The van der Waals surface area contributed by atoms with Gasteiger partial charge in [0.25, 0.3) is 0 Å². The highest BCUT2D eigenvalue weighted by atomic mass is 35.5. The van der Waals surface area contributed by atoms with Gasteiger partial charge in [0.15, 0.2) is 0 Å². The first-order valence-corrected chi connectivity index (χ1v) is 3.77. The van der Waals surface area contributed by atoms with Crippen LogP contribution in [0.15, 0.2) is 12.1 Å². The first-order chi connectivity index (χ1) is 5.22. The summed E-state index contributed by atoms with van der Waals surface area (Å²) < 4.78 is 0. The van der Waals surface area contributed by atoms with E-state index < -0.39 is 0 Å². The maximum atomic E-state index is 5.65. The third-order valence-corrected chi connectivity index (χ3v) is 1.37. The number of nitrogens with one attached hydrogen (secondary N) is 1. The molecule has 0 saturated heterocycles. The summed E-state index contributed by atoms with van der Waals surface area (Å²) in [4.78, 5) is 4.00. The number of halogens is 1. The number of hydrogen-bond acceptors (Lipinski definition) is 3. The molecule has 1 heterocycles. The standard InChI is InChI=1S/C7H10ClN3/c1-2-10-7-4-5(9)3-6(8)11-7/h3-4H,2H2,1H3,(H3,9,10,11). The van der Waals surface area contributed by atoms with Gasteiger partial charge in [-0.15, -0.1) is 0 Å². The second-order valence-corrected chi connectivity index (χ2v) is 2.53. The lowest BCUT2D eigenvalue weighted by molar-refractivity contribution is 1.16. The maximum Gasteiger partial charge on any atom is 0.133 e. The van der Waals surface area contributed by atoms with Crippen molar-refractivity contribution in [2.45, 2.75) is 6.92 Å². The predicted molar refractivity (Wildman–Crippen MR) is 47.8 cm³/mol. The van der Waals surface area contributed by atoms with Crippen LogP contribution >= 0.6 is 11.6 Å². The van der Waals surface area contributed by atoms with Gasteiger partial charge in [-0.3, -0.25) is 0 Å². The van der Waals surface area contributed by atoms with E-state index in [1.165, 1.54) is 0 Å². The first-order valence-electron chi connectivity index (χ1n) is 3.39. The number of anilines is 2. The summed E-state index contributed by atoms with van der Waals surface area (Å²) in [7, 11) is 0. The van der Waals surface area contributed by atoms with E-state index in [0.29, 0.717) is 10.8 Å². The Morgan fingerprint density at radius 2 is 2.36 bits per heavy atom. The van der Waals surface area contributed by atoms with E-state index in [-0.39, 0.29) is 0 Å². The molecule has 1 aromatic rings. The quantitative estimate of drug-likeness (QED) is 0.667. The van der Waals surface area contributed by atoms with E-state index in [9.17, 15) is 0 Å². The monoisotopic (exact) mass is 171 g/mol. The normalized spacial score (nSPS) is 9.64. The summed E-state index contributed by atoms with van der Waals surface area (Å²) >= 11 is 5.65. The molecular formula is C7H10ClN3. The molecule has 60 valence electrons. The molecule has 0 spiro atoms. The van der Waals surface area contributed by atoms with Gasteiger partial charge >= 0.3 is 0 Å². The summed E-state index contributed by atoms with van der Waals surface area (Å²) in [6.45, 7) is 2.80. The second kappa shape index (κ2) is 3.44. The molecule has 0 aliphatic rings. The highest BCUT2D eigenvalue weighted by Crippen LogP contribution is 2.15. The van der Waals surface area contributed by atoms with Crippen LogP contribution in [-0.4, -0.2) is 11.5 Å². The number of rotatable bonds is 2. The Bertz CT molecular complexity index is 229. The van der Waals surface area contributed by atoms with Gasteiger partial charge in [-0.05, 0) is 13.0 Å². The molecule has 0 atom stereocenters. The minimum absolute atomic E-state index is 0.418. The highest BCUT2D eigenvalue weighted by Gasteiger charge is 1.95. The SMILES string of the molecule is CCNc1cc(N)cc(Cl)n1. The van der Waals surface area contributed by atoms with Gasteiger partial charge in [-0.25, -0.2) is 4.98 Å². The van der Waals surface area contributed by atoms with Crippen molar-refractivity contribution in [1.29, 1.82) is 0 Å². The molecule has 3 N–H and O–H groups in total. The third-order valence-electron chi connectivity index (χ3n) is 1.17. The van der Waals surface area contributed by atoms with Crippen molar-refractivity contribution in [1.82, 2.24) is 4.98 Å². The summed E-state index contributed by atoms with van der Waals surface area (Å²) in [5, 5.41) is 3.43. The zero-order valence-electron chi connectivity index (χ0n) is 6.26. The lowest BCUT2D eigenvalue weighted by atomic mass is 10.4. The van der Waals surface area contributed by atoms with Gasteiger partial charge in [0.05, 0.1) is 0 Å². The summed E-state index contributed by atoms with van der Waals surface area (Å²) in [6, 6.07) is 3.36. The predicted octanol–water partition coefficient (Wildman–Crippen LogP) is 1.75. The van der Waals surface area contributed by atoms with E-state index in [0.717, 1.165) is 12.4 Å². The molecule has 11 heavy (non-hydrogen) atoms. The molecule has 0 aliphatic carbocycles. The lowest BCUT2D eigenvalue weighted by Crippen LogP contribution is -2.00. The van der Waals surface area contributed by atoms with Crippen LogP contribution in [0.2, 0.25) is 5.15 Å². The molecule has 0 aliphatic heterocycles. The number of hydrogen-bond donors (Lipinski definition) is 2. The largest absolute Gasteiger partial charge is 0.399 e. The summed E-state index contributed by atoms with van der Waals surface area (Å²) in [5.41, 5.74) is 6.15. The Morgan fingerprint density at radius 1 is 1.64 bits per heavy atom. The van der Waals surface area contributed by atoms with E-state index in [2.05, 4.69) is 10.3 Å². The van der Waals surface area contributed by atoms with Crippen LogP contribution < -0.4 is 11.1 Å². The number of nitrogens with zero attached hydrogens (tertiary/aromatic N) is 1. The van der Waals surface area contributed by atoms with Crippen LogP contribution in [0.4, 0.5) is 11.5 Å². The Hall–Kier alpha value is -0.960. The Labute approximate surface area is 70.6 Å². The summed E-state index contributed by atoms with van der Waals surface area (Å²) in [6.07, 6.45) is 0. The molecule has 0 amide bonds. The average Bonchev–Trinajstić information content (AvgIpc) is 1.85. The van der Waals surface area contributed by atoms with Crippen molar-refractivity contribution < 1.29 is 0 Å². The number of pyridine rings is 1. The van der Waals surface area contributed by atoms with Gasteiger partial charge in [0.1, 0.15) is 11.0 Å². The molecule has 0 aromatic carbocycles.